The zero-order valence-corrected chi connectivity index (χ0v) is 19.1. The molecule has 3 aromatic carbocycles. The van der Waals surface area contributed by atoms with Crippen LogP contribution in [0.3, 0.4) is 0 Å². The van der Waals surface area contributed by atoms with Crippen LogP contribution in [0, 0.1) is 0 Å². The predicted molar refractivity (Wildman–Crippen MR) is 130 cm³/mol. The molecule has 0 saturated heterocycles. The molecule has 34 heavy (non-hydrogen) atoms. The van der Waals surface area contributed by atoms with Crippen molar-refractivity contribution in [3.8, 4) is 5.69 Å². The van der Waals surface area contributed by atoms with E-state index in [9.17, 15) is 9.59 Å². The molecule has 0 spiro atoms. The summed E-state index contributed by atoms with van der Waals surface area (Å²) in [7, 11) is 0. The van der Waals surface area contributed by atoms with E-state index in [4.69, 9.17) is 4.74 Å². The van der Waals surface area contributed by atoms with Crippen LogP contribution in [0.15, 0.2) is 103 Å². The van der Waals surface area contributed by atoms with Crippen LogP contribution in [0.4, 0.5) is 0 Å². The van der Waals surface area contributed by atoms with Gasteiger partial charge in [0.1, 0.15) is 0 Å². The Bertz CT molecular complexity index is 1170. The van der Waals surface area contributed by atoms with Crippen LogP contribution in [-0.4, -0.2) is 32.7 Å². The molecule has 1 atom stereocenters. The Morgan fingerprint density at radius 2 is 1.35 bits per heavy atom. The van der Waals surface area contributed by atoms with E-state index in [1.54, 1.807) is 28.9 Å². The zero-order valence-electron chi connectivity index (χ0n) is 19.1. The summed E-state index contributed by atoms with van der Waals surface area (Å²) in [6, 6.07) is 29.2. The van der Waals surface area contributed by atoms with Gasteiger partial charge in [-0.05, 0) is 30.2 Å². The molecule has 6 heteroatoms. The van der Waals surface area contributed by atoms with Gasteiger partial charge in [0.2, 0.25) is 0 Å². The van der Waals surface area contributed by atoms with E-state index in [0.29, 0.717) is 13.1 Å². The van der Waals surface area contributed by atoms with Crippen molar-refractivity contribution in [2.45, 2.75) is 32.5 Å². The number of para-hydroxylation sites is 1. The Labute approximate surface area is 199 Å². The summed E-state index contributed by atoms with van der Waals surface area (Å²) in [5.41, 5.74) is 3.65. The maximum Gasteiger partial charge on any atom is 0.311 e. The first-order valence-electron chi connectivity index (χ1n) is 11.2. The molecule has 1 amide bonds. The van der Waals surface area contributed by atoms with Crippen LogP contribution < -0.4 is 0 Å². The SMILES string of the molecule is CC(OC(=O)Cc1cnn(-c2ccccc2)c1)C(=O)N(Cc1ccccc1)Cc1ccccc1. The lowest BCUT2D eigenvalue weighted by molar-refractivity contribution is -0.159. The molecule has 0 saturated carbocycles. The van der Waals surface area contributed by atoms with Crippen molar-refractivity contribution in [3.63, 3.8) is 0 Å². The number of aromatic nitrogens is 2. The van der Waals surface area contributed by atoms with Gasteiger partial charge in [-0.25, -0.2) is 4.68 Å². The molecule has 0 aliphatic heterocycles. The van der Waals surface area contributed by atoms with Crippen LogP contribution in [0.2, 0.25) is 0 Å². The fraction of sp³-hybridized carbons (Fsp3) is 0.179. The number of hydrogen-bond acceptors (Lipinski definition) is 4. The summed E-state index contributed by atoms with van der Waals surface area (Å²) in [5.74, 6) is -0.700. The second-order valence-corrected chi connectivity index (χ2v) is 8.10. The lowest BCUT2D eigenvalue weighted by atomic mass is 10.1. The molecule has 1 unspecified atom stereocenters. The molecule has 172 valence electrons. The highest BCUT2D eigenvalue weighted by atomic mass is 16.5. The Morgan fingerprint density at radius 1 is 0.824 bits per heavy atom. The van der Waals surface area contributed by atoms with Crippen molar-refractivity contribution in [2.75, 3.05) is 0 Å². The second-order valence-electron chi connectivity index (χ2n) is 8.10. The van der Waals surface area contributed by atoms with Crippen LogP contribution in [0.25, 0.3) is 5.69 Å². The molecule has 6 nitrogen and oxygen atoms in total. The predicted octanol–water partition coefficient (Wildman–Crippen LogP) is 4.58. The zero-order chi connectivity index (χ0) is 23.8. The molecule has 4 rings (SSSR count). The van der Waals surface area contributed by atoms with E-state index in [0.717, 1.165) is 22.4 Å². The van der Waals surface area contributed by atoms with E-state index in [-0.39, 0.29) is 12.3 Å². The Kier molecular flexibility index (Phi) is 7.50. The van der Waals surface area contributed by atoms with E-state index in [1.807, 2.05) is 91.0 Å². The molecule has 0 fully saturated rings. The number of carbonyl (C=O) groups excluding carboxylic acids is 2. The standard InChI is InChI=1S/C28H27N3O3/c1-22(34-27(32)17-25-18-29-31(21-25)26-15-9-4-10-16-26)28(33)30(19-23-11-5-2-6-12-23)20-24-13-7-3-8-14-24/h2-16,18,21-22H,17,19-20H2,1H3. The van der Waals surface area contributed by atoms with Gasteiger partial charge in [0.25, 0.3) is 5.91 Å². The Balaban J connectivity index is 1.40. The average Bonchev–Trinajstić information content (AvgIpc) is 3.33. The van der Waals surface area contributed by atoms with Crippen molar-refractivity contribution < 1.29 is 14.3 Å². The lowest BCUT2D eigenvalue weighted by Crippen LogP contribution is -2.39. The van der Waals surface area contributed by atoms with Crippen molar-refractivity contribution >= 4 is 11.9 Å². The minimum absolute atomic E-state index is 0.0435. The number of esters is 1. The third kappa shape index (κ3) is 6.19. The molecule has 0 bridgehead atoms. The normalized spacial score (nSPS) is 11.6. The highest BCUT2D eigenvalue weighted by Crippen LogP contribution is 2.14. The van der Waals surface area contributed by atoms with Crippen LogP contribution in [-0.2, 0) is 33.8 Å². The number of amides is 1. The number of rotatable bonds is 9. The fourth-order valence-corrected chi connectivity index (χ4v) is 3.71. The van der Waals surface area contributed by atoms with Gasteiger partial charge >= 0.3 is 5.97 Å². The van der Waals surface area contributed by atoms with Crippen LogP contribution >= 0.6 is 0 Å². The van der Waals surface area contributed by atoms with Crippen molar-refractivity contribution in [3.05, 3.63) is 120 Å². The summed E-state index contributed by atoms with van der Waals surface area (Å²) in [6.45, 7) is 2.48. The molecule has 4 aromatic rings. The fourth-order valence-electron chi connectivity index (χ4n) is 3.71. The molecule has 0 aliphatic rings. The molecule has 0 radical (unpaired) electrons. The average molecular weight is 454 g/mol. The number of benzene rings is 3. The molecule has 0 aliphatic carbocycles. The van der Waals surface area contributed by atoms with Gasteiger partial charge < -0.3 is 9.64 Å². The highest BCUT2D eigenvalue weighted by molar-refractivity contribution is 5.84. The van der Waals surface area contributed by atoms with Gasteiger partial charge in [-0.15, -0.1) is 0 Å². The minimum atomic E-state index is -0.899. The van der Waals surface area contributed by atoms with E-state index in [1.165, 1.54) is 0 Å². The highest BCUT2D eigenvalue weighted by Gasteiger charge is 2.24. The van der Waals surface area contributed by atoms with E-state index < -0.39 is 12.1 Å². The molecule has 0 N–H and O–H groups in total. The van der Waals surface area contributed by atoms with E-state index in [2.05, 4.69) is 5.10 Å². The van der Waals surface area contributed by atoms with Gasteiger partial charge in [0, 0.05) is 24.8 Å². The van der Waals surface area contributed by atoms with Gasteiger partial charge in [-0.2, -0.15) is 5.10 Å². The topological polar surface area (TPSA) is 64.4 Å². The van der Waals surface area contributed by atoms with E-state index >= 15 is 0 Å². The summed E-state index contributed by atoms with van der Waals surface area (Å²) >= 11 is 0. The van der Waals surface area contributed by atoms with Gasteiger partial charge in [-0.1, -0.05) is 78.9 Å². The molecule has 1 heterocycles. The van der Waals surface area contributed by atoms with Gasteiger partial charge in [0.15, 0.2) is 6.10 Å². The largest absolute Gasteiger partial charge is 0.452 e. The quantitative estimate of drug-likeness (QED) is 0.348. The first-order chi connectivity index (χ1) is 16.6. The van der Waals surface area contributed by atoms with Gasteiger partial charge in [0.05, 0.1) is 18.3 Å². The number of nitrogens with zero attached hydrogens (tertiary/aromatic N) is 3. The summed E-state index contributed by atoms with van der Waals surface area (Å²) < 4.78 is 7.23. The number of hydrogen-bond donors (Lipinski definition) is 0. The number of carbonyl (C=O) groups is 2. The van der Waals surface area contributed by atoms with Crippen molar-refractivity contribution in [1.82, 2.24) is 14.7 Å². The summed E-state index contributed by atoms with van der Waals surface area (Å²) in [4.78, 5) is 27.6. The Hall–Kier alpha value is -4.19. The molecular formula is C28H27N3O3. The van der Waals surface area contributed by atoms with Crippen LogP contribution in [0.5, 0.6) is 0 Å². The number of ether oxygens (including phenoxy) is 1. The smallest absolute Gasteiger partial charge is 0.311 e. The van der Waals surface area contributed by atoms with Crippen LogP contribution in [0.1, 0.15) is 23.6 Å². The summed E-state index contributed by atoms with van der Waals surface area (Å²) in [5, 5.41) is 4.31. The first-order valence-corrected chi connectivity index (χ1v) is 11.2. The minimum Gasteiger partial charge on any atom is -0.452 e. The van der Waals surface area contributed by atoms with Crippen molar-refractivity contribution in [2.24, 2.45) is 0 Å². The van der Waals surface area contributed by atoms with Gasteiger partial charge in [-0.3, -0.25) is 9.59 Å². The third-order valence-corrected chi connectivity index (χ3v) is 5.41. The molecular weight excluding hydrogens is 426 g/mol. The Morgan fingerprint density at radius 3 is 1.91 bits per heavy atom. The maximum atomic E-state index is 13.3. The monoisotopic (exact) mass is 453 g/mol. The lowest BCUT2D eigenvalue weighted by Gasteiger charge is -2.26. The second kappa shape index (κ2) is 11.1. The maximum absolute atomic E-state index is 13.3. The first kappa shape index (κ1) is 23.0. The third-order valence-electron chi connectivity index (χ3n) is 5.41. The van der Waals surface area contributed by atoms with Crippen molar-refractivity contribution in [1.29, 1.82) is 0 Å². The molecule has 1 aromatic heterocycles. The summed E-state index contributed by atoms with van der Waals surface area (Å²) in [6.07, 6.45) is 2.57.